The van der Waals surface area contributed by atoms with Gasteiger partial charge in [-0.2, -0.15) is 0 Å². The smallest absolute Gasteiger partial charge is 0.152 e. The standard InChI is InChI=1S/C13H15BrN4/c1-9-5-4-6-10(7-9)18(3)13-11(14)12(15-2)16-8-17-13/h4-8H,1-3H3,(H,15,16,17). The zero-order valence-electron chi connectivity index (χ0n) is 10.6. The van der Waals surface area contributed by atoms with Crippen LogP contribution in [0.1, 0.15) is 5.56 Å². The first-order valence-corrected chi connectivity index (χ1v) is 6.41. The third-order valence-electron chi connectivity index (χ3n) is 2.71. The van der Waals surface area contributed by atoms with Crippen LogP contribution >= 0.6 is 15.9 Å². The van der Waals surface area contributed by atoms with E-state index in [2.05, 4.69) is 56.3 Å². The summed E-state index contributed by atoms with van der Waals surface area (Å²) < 4.78 is 0.858. The molecule has 0 aliphatic carbocycles. The number of hydrogen-bond donors (Lipinski definition) is 1. The van der Waals surface area contributed by atoms with Gasteiger partial charge in [0.1, 0.15) is 16.6 Å². The Morgan fingerprint density at radius 2 is 2.06 bits per heavy atom. The maximum absolute atomic E-state index is 4.32. The zero-order valence-corrected chi connectivity index (χ0v) is 12.2. The van der Waals surface area contributed by atoms with Crippen LogP contribution in [0.15, 0.2) is 35.1 Å². The number of hydrogen-bond acceptors (Lipinski definition) is 4. The summed E-state index contributed by atoms with van der Waals surface area (Å²) in [5.41, 5.74) is 2.31. The monoisotopic (exact) mass is 306 g/mol. The molecule has 2 aromatic rings. The lowest BCUT2D eigenvalue weighted by atomic mass is 10.2. The van der Waals surface area contributed by atoms with Gasteiger partial charge < -0.3 is 10.2 Å². The minimum atomic E-state index is 0.777. The van der Waals surface area contributed by atoms with Crippen molar-refractivity contribution >= 4 is 33.3 Å². The van der Waals surface area contributed by atoms with E-state index in [1.165, 1.54) is 5.56 Å². The van der Waals surface area contributed by atoms with E-state index in [1.54, 1.807) is 6.33 Å². The molecule has 1 aromatic heterocycles. The van der Waals surface area contributed by atoms with E-state index in [4.69, 9.17) is 0 Å². The quantitative estimate of drug-likeness (QED) is 0.944. The molecule has 0 radical (unpaired) electrons. The Kier molecular flexibility index (Phi) is 3.81. The van der Waals surface area contributed by atoms with E-state index >= 15 is 0 Å². The fourth-order valence-electron chi connectivity index (χ4n) is 1.73. The highest BCUT2D eigenvalue weighted by Crippen LogP contribution is 2.32. The lowest BCUT2D eigenvalue weighted by Gasteiger charge is -2.20. The maximum atomic E-state index is 4.32. The molecule has 1 aromatic carbocycles. The minimum absolute atomic E-state index is 0.777. The van der Waals surface area contributed by atoms with E-state index in [0.717, 1.165) is 21.8 Å². The first-order chi connectivity index (χ1) is 8.63. The second-order valence-corrected chi connectivity index (χ2v) is 4.80. The highest BCUT2D eigenvalue weighted by Gasteiger charge is 2.13. The van der Waals surface area contributed by atoms with Crippen molar-refractivity contribution in [3.63, 3.8) is 0 Å². The van der Waals surface area contributed by atoms with Gasteiger partial charge in [-0.15, -0.1) is 0 Å². The van der Waals surface area contributed by atoms with E-state index < -0.39 is 0 Å². The molecule has 1 N–H and O–H groups in total. The van der Waals surface area contributed by atoms with Crippen LogP contribution in [0, 0.1) is 6.92 Å². The molecule has 4 nitrogen and oxygen atoms in total. The average Bonchev–Trinajstić information content (AvgIpc) is 2.38. The number of aromatic nitrogens is 2. The largest absolute Gasteiger partial charge is 0.372 e. The number of benzene rings is 1. The zero-order chi connectivity index (χ0) is 13.1. The third kappa shape index (κ3) is 2.46. The minimum Gasteiger partial charge on any atom is -0.372 e. The van der Waals surface area contributed by atoms with Crippen molar-refractivity contribution in [3.05, 3.63) is 40.6 Å². The number of nitrogens with zero attached hydrogens (tertiary/aromatic N) is 3. The normalized spacial score (nSPS) is 10.2. The Morgan fingerprint density at radius 3 is 2.72 bits per heavy atom. The molecule has 0 aliphatic heterocycles. The molecule has 0 aliphatic rings. The van der Waals surface area contributed by atoms with Crippen LogP contribution in [-0.4, -0.2) is 24.1 Å². The number of halogens is 1. The molecule has 0 saturated carbocycles. The number of aryl methyl sites for hydroxylation is 1. The van der Waals surface area contributed by atoms with Crippen molar-refractivity contribution in [2.45, 2.75) is 6.92 Å². The molecule has 94 valence electrons. The van der Waals surface area contributed by atoms with Crippen LogP contribution in [0.3, 0.4) is 0 Å². The summed E-state index contributed by atoms with van der Waals surface area (Å²) in [6.45, 7) is 2.07. The summed E-state index contributed by atoms with van der Waals surface area (Å²) in [4.78, 5) is 10.5. The molecule has 0 fully saturated rings. The number of nitrogens with one attached hydrogen (secondary N) is 1. The molecule has 1 heterocycles. The molecule has 0 spiro atoms. The Bertz CT molecular complexity index is 556. The molecule has 5 heteroatoms. The summed E-state index contributed by atoms with van der Waals surface area (Å²) in [7, 11) is 3.82. The van der Waals surface area contributed by atoms with Gasteiger partial charge in [-0.1, -0.05) is 12.1 Å². The molecule has 0 unspecified atom stereocenters. The van der Waals surface area contributed by atoms with Gasteiger partial charge in [0.25, 0.3) is 0 Å². The summed E-state index contributed by atoms with van der Waals surface area (Å²) in [6.07, 6.45) is 1.55. The average molecular weight is 307 g/mol. The van der Waals surface area contributed by atoms with Gasteiger partial charge in [0.15, 0.2) is 5.82 Å². The fraction of sp³-hybridized carbons (Fsp3) is 0.231. The van der Waals surface area contributed by atoms with Gasteiger partial charge in [0.05, 0.1) is 0 Å². The molecular weight excluding hydrogens is 292 g/mol. The van der Waals surface area contributed by atoms with Crippen LogP contribution < -0.4 is 10.2 Å². The van der Waals surface area contributed by atoms with Crippen LogP contribution in [-0.2, 0) is 0 Å². The summed E-state index contributed by atoms with van der Waals surface area (Å²) in [5.74, 6) is 1.61. The van der Waals surface area contributed by atoms with E-state index in [0.29, 0.717) is 0 Å². The fourth-order valence-corrected chi connectivity index (χ4v) is 2.40. The maximum Gasteiger partial charge on any atom is 0.152 e. The highest BCUT2D eigenvalue weighted by molar-refractivity contribution is 9.10. The predicted octanol–water partition coefficient (Wildman–Crippen LogP) is 3.36. The van der Waals surface area contributed by atoms with Crippen LogP contribution in [0.5, 0.6) is 0 Å². The Morgan fingerprint density at radius 1 is 1.28 bits per heavy atom. The Labute approximate surface area is 115 Å². The van der Waals surface area contributed by atoms with Crippen molar-refractivity contribution in [2.75, 3.05) is 24.3 Å². The van der Waals surface area contributed by atoms with Gasteiger partial charge in [-0.25, -0.2) is 9.97 Å². The summed E-state index contributed by atoms with van der Waals surface area (Å²) in [6, 6.07) is 8.29. The first-order valence-electron chi connectivity index (χ1n) is 5.62. The molecule has 2 rings (SSSR count). The first kappa shape index (κ1) is 12.8. The molecule has 0 amide bonds. The van der Waals surface area contributed by atoms with Gasteiger partial charge in [-0.05, 0) is 40.5 Å². The lowest BCUT2D eigenvalue weighted by Crippen LogP contribution is -2.13. The molecular formula is C13H15BrN4. The highest BCUT2D eigenvalue weighted by atomic mass is 79.9. The van der Waals surface area contributed by atoms with Crippen molar-refractivity contribution < 1.29 is 0 Å². The van der Waals surface area contributed by atoms with Gasteiger partial charge in [0.2, 0.25) is 0 Å². The third-order valence-corrected chi connectivity index (χ3v) is 3.44. The van der Waals surface area contributed by atoms with Gasteiger partial charge in [-0.3, -0.25) is 0 Å². The van der Waals surface area contributed by atoms with Crippen LogP contribution in [0.25, 0.3) is 0 Å². The second kappa shape index (κ2) is 5.35. The van der Waals surface area contributed by atoms with Crippen molar-refractivity contribution in [1.82, 2.24) is 9.97 Å². The van der Waals surface area contributed by atoms with E-state index in [-0.39, 0.29) is 0 Å². The van der Waals surface area contributed by atoms with E-state index in [1.807, 2.05) is 25.1 Å². The van der Waals surface area contributed by atoms with Crippen molar-refractivity contribution in [1.29, 1.82) is 0 Å². The lowest BCUT2D eigenvalue weighted by molar-refractivity contribution is 1.06. The second-order valence-electron chi connectivity index (χ2n) is 4.01. The topological polar surface area (TPSA) is 41.1 Å². The SMILES string of the molecule is CNc1ncnc(N(C)c2cccc(C)c2)c1Br. The number of anilines is 3. The molecule has 0 bridgehead atoms. The van der Waals surface area contributed by atoms with Crippen molar-refractivity contribution in [3.8, 4) is 0 Å². The Hall–Kier alpha value is -1.62. The molecule has 0 atom stereocenters. The molecule has 0 saturated heterocycles. The van der Waals surface area contributed by atoms with Gasteiger partial charge in [0, 0.05) is 19.8 Å². The predicted molar refractivity (Wildman–Crippen MR) is 78.5 cm³/mol. The summed E-state index contributed by atoms with van der Waals surface area (Å²) >= 11 is 3.53. The number of rotatable bonds is 3. The van der Waals surface area contributed by atoms with E-state index in [9.17, 15) is 0 Å². The molecule has 18 heavy (non-hydrogen) atoms. The van der Waals surface area contributed by atoms with Crippen molar-refractivity contribution in [2.24, 2.45) is 0 Å². The van der Waals surface area contributed by atoms with Crippen LogP contribution in [0.2, 0.25) is 0 Å². The van der Waals surface area contributed by atoms with Gasteiger partial charge >= 0.3 is 0 Å². The van der Waals surface area contributed by atoms with Crippen LogP contribution in [0.4, 0.5) is 17.3 Å². The Balaban J connectivity index is 2.43. The summed E-state index contributed by atoms with van der Waals surface area (Å²) in [5, 5.41) is 3.03.